The van der Waals surface area contributed by atoms with Gasteiger partial charge in [0.1, 0.15) is 5.82 Å². The Morgan fingerprint density at radius 3 is 2.26 bits per heavy atom. The normalized spacial score (nSPS) is 17.3. The van der Waals surface area contributed by atoms with Crippen LogP contribution in [-0.4, -0.2) is 61.4 Å². The van der Waals surface area contributed by atoms with Crippen LogP contribution in [0.15, 0.2) is 29.2 Å². The van der Waals surface area contributed by atoms with E-state index in [0.29, 0.717) is 32.6 Å². The van der Waals surface area contributed by atoms with Crippen molar-refractivity contribution < 1.29 is 22.7 Å². The topological polar surface area (TPSA) is 77.9 Å². The van der Waals surface area contributed by atoms with Crippen molar-refractivity contribution in [2.75, 3.05) is 32.7 Å². The van der Waals surface area contributed by atoms with Crippen molar-refractivity contribution in [1.82, 2.24) is 9.21 Å². The van der Waals surface area contributed by atoms with E-state index in [1.54, 1.807) is 0 Å². The molecule has 1 fully saturated rings. The number of carbonyl (C=O) groups is 1. The van der Waals surface area contributed by atoms with Crippen molar-refractivity contribution in [2.45, 2.75) is 24.2 Å². The second-order valence-corrected chi connectivity index (χ2v) is 7.49. The highest BCUT2D eigenvalue weighted by Crippen LogP contribution is 2.18. The van der Waals surface area contributed by atoms with Crippen LogP contribution < -0.4 is 0 Å². The van der Waals surface area contributed by atoms with Gasteiger partial charge in [0.15, 0.2) is 0 Å². The SMILES string of the molecule is O=C(O)CCCCN1CCN(S(=O)(=O)c2ccc(F)cc2)CC1. The molecular weight excluding hydrogens is 323 g/mol. The third-order valence-electron chi connectivity index (χ3n) is 3.90. The standard InChI is InChI=1S/C15H21FN2O4S/c16-13-4-6-14(7-5-13)23(21,22)18-11-9-17(10-12-18)8-2-1-3-15(19)20/h4-7H,1-3,8-12H2,(H,19,20). The summed E-state index contributed by atoms with van der Waals surface area (Å²) in [6.45, 7) is 2.79. The first kappa shape index (κ1) is 17.8. The van der Waals surface area contributed by atoms with Crippen molar-refractivity contribution in [3.8, 4) is 0 Å². The highest BCUT2D eigenvalue weighted by atomic mass is 32.2. The fourth-order valence-electron chi connectivity index (χ4n) is 2.56. The Balaban J connectivity index is 1.83. The monoisotopic (exact) mass is 344 g/mol. The van der Waals surface area contributed by atoms with E-state index in [-0.39, 0.29) is 11.3 Å². The Morgan fingerprint density at radius 2 is 1.70 bits per heavy atom. The van der Waals surface area contributed by atoms with Crippen molar-refractivity contribution >= 4 is 16.0 Å². The average molecular weight is 344 g/mol. The molecule has 1 N–H and O–H groups in total. The number of carboxylic acids is 1. The fraction of sp³-hybridized carbons (Fsp3) is 0.533. The molecule has 0 saturated carbocycles. The molecule has 1 aromatic carbocycles. The third kappa shape index (κ3) is 4.98. The van der Waals surface area contributed by atoms with E-state index in [1.165, 1.54) is 16.4 Å². The zero-order valence-electron chi connectivity index (χ0n) is 12.8. The highest BCUT2D eigenvalue weighted by Gasteiger charge is 2.28. The van der Waals surface area contributed by atoms with E-state index >= 15 is 0 Å². The quantitative estimate of drug-likeness (QED) is 0.756. The number of halogens is 1. The van der Waals surface area contributed by atoms with Gasteiger partial charge in [-0.1, -0.05) is 0 Å². The average Bonchev–Trinajstić information content (AvgIpc) is 2.52. The first-order valence-corrected chi connectivity index (χ1v) is 9.03. The molecule has 1 heterocycles. The zero-order valence-corrected chi connectivity index (χ0v) is 13.6. The Hall–Kier alpha value is -1.51. The van der Waals surface area contributed by atoms with Crippen LogP contribution in [0.3, 0.4) is 0 Å². The van der Waals surface area contributed by atoms with Crippen LogP contribution >= 0.6 is 0 Å². The maximum atomic E-state index is 12.9. The van der Waals surface area contributed by atoms with E-state index in [2.05, 4.69) is 4.90 Å². The fourth-order valence-corrected chi connectivity index (χ4v) is 3.98. The number of benzene rings is 1. The predicted molar refractivity (Wildman–Crippen MR) is 83.1 cm³/mol. The summed E-state index contributed by atoms with van der Waals surface area (Å²) in [6.07, 6.45) is 1.58. The molecule has 0 spiro atoms. The molecule has 128 valence electrons. The van der Waals surface area contributed by atoms with Crippen LogP contribution in [0.25, 0.3) is 0 Å². The van der Waals surface area contributed by atoms with Crippen LogP contribution in [0.2, 0.25) is 0 Å². The number of aliphatic carboxylic acids is 1. The first-order chi connectivity index (χ1) is 10.9. The molecular formula is C15H21FN2O4S. The van der Waals surface area contributed by atoms with Crippen LogP contribution in [-0.2, 0) is 14.8 Å². The summed E-state index contributed by atoms with van der Waals surface area (Å²) in [7, 11) is -3.58. The van der Waals surface area contributed by atoms with Gasteiger partial charge in [-0.3, -0.25) is 4.79 Å². The summed E-state index contributed by atoms with van der Waals surface area (Å²) in [5, 5.41) is 8.59. The largest absolute Gasteiger partial charge is 0.481 e. The molecule has 6 nitrogen and oxygen atoms in total. The van der Waals surface area contributed by atoms with Crippen LogP contribution in [0.5, 0.6) is 0 Å². The van der Waals surface area contributed by atoms with E-state index < -0.39 is 21.8 Å². The summed E-state index contributed by atoms with van der Waals surface area (Å²) < 4.78 is 39.2. The molecule has 0 aromatic heterocycles. The summed E-state index contributed by atoms with van der Waals surface area (Å²) in [4.78, 5) is 12.7. The van der Waals surface area contributed by atoms with Gasteiger partial charge in [0, 0.05) is 32.6 Å². The smallest absolute Gasteiger partial charge is 0.303 e. The van der Waals surface area contributed by atoms with Gasteiger partial charge >= 0.3 is 5.97 Å². The van der Waals surface area contributed by atoms with Gasteiger partial charge in [0.25, 0.3) is 0 Å². The summed E-state index contributed by atoms with van der Waals surface area (Å²) in [5.41, 5.74) is 0. The Kier molecular flexibility index (Phi) is 6.09. The predicted octanol–water partition coefficient (Wildman–Crippen LogP) is 1.39. The van der Waals surface area contributed by atoms with E-state index in [0.717, 1.165) is 25.1 Å². The van der Waals surface area contributed by atoms with Gasteiger partial charge in [-0.2, -0.15) is 4.31 Å². The molecule has 1 aliphatic heterocycles. The molecule has 1 saturated heterocycles. The Labute approximate surface area is 135 Å². The lowest BCUT2D eigenvalue weighted by Gasteiger charge is -2.33. The van der Waals surface area contributed by atoms with E-state index in [9.17, 15) is 17.6 Å². The number of nitrogens with zero attached hydrogens (tertiary/aromatic N) is 2. The minimum Gasteiger partial charge on any atom is -0.481 e. The van der Waals surface area contributed by atoms with Gasteiger partial charge in [0.05, 0.1) is 4.90 Å². The molecule has 0 unspecified atom stereocenters. The van der Waals surface area contributed by atoms with Gasteiger partial charge in [0.2, 0.25) is 10.0 Å². The van der Waals surface area contributed by atoms with Crippen LogP contribution in [0, 0.1) is 5.82 Å². The maximum absolute atomic E-state index is 12.9. The number of carboxylic acid groups (broad SMARTS) is 1. The molecule has 0 amide bonds. The summed E-state index contributed by atoms with van der Waals surface area (Å²) >= 11 is 0. The molecule has 23 heavy (non-hydrogen) atoms. The summed E-state index contributed by atoms with van der Waals surface area (Å²) in [6, 6.07) is 4.85. The summed E-state index contributed by atoms with van der Waals surface area (Å²) in [5.74, 6) is -1.25. The number of hydrogen-bond donors (Lipinski definition) is 1. The number of unbranched alkanes of at least 4 members (excludes halogenated alkanes) is 1. The molecule has 1 aromatic rings. The molecule has 0 aliphatic carbocycles. The number of hydrogen-bond acceptors (Lipinski definition) is 4. The Bertz CT molecular complexity index is 625. The van der Waals surface area contributed by atoms with Gasteiger partial charge in [-0.25, -0.2) is 12.8 Å². The molecule has 0 bridgehead atoms. The number of piperazine rings is 1. The minimum atomic E-state index is -3.58. The van der Waals surface area contributed by atoms with Crippen molar-refractivity contribution in [2.24, 2.45) is 0 Å². The second kappa shape index (κ2) is 7.85. The molecule has 8 heteroatoms. The number of rotatable bonds is 7. The van der Waals surface area contributed by atoms with Gasteiger partial charge in [-0.05, 0) is 43.7 Å². The van der Waals surface area contributed by atoms with E-state index in [1.807, 2.05) is 0 Å². The van der Waals surface area contributed by atoms with Crippen molar-refractivity contribution in [3.05, 3.63) is 30.1 Å². The first-order valence-electron chi connectivity index (χ1n) is 7.59. The zero-order chi connectivity index (χ0) is 16.9. The lowest BCUT2D eigenvalue weighted by Crippen LogP contribution is -2.48. The maximum Gasteiger partial charge on any atom is 0.303 e. The second-order valence-electron chi connectivity index (χ2n) is 5.55. The number of sulfonamides is 1. The van der Waals surface area contributed by atoms with Gasteiger partial charge in [-0.15, -0.1) is 0 Å². The van der Waals surface area contributed by atoms with Crippen molar-refractivity contribution in [1.29, 1.82) is 0 Å². The van der Waals surface area contributed by atoms with E-state index in [4.69, 9.17) is 5.11 Å². The van der Waals surface area contributed by atoms with Gasteiger partial charge < -0.3 is 10.0 Å². The Morgan fingerprint density at radius 1 is 1.09 bits per heavy atom. The lowest BCUT2D eigenvalue weighted by atomic mass is 10.2. The molecule has 0 atom stereocenters. The molecule has 2 rings (SSSR count). The third-order valence-corrected chi connectivity index (χ3v) is 5.81. The van der Waals surface area contributed by atoms with Crippen LogP contribution in [0.4, 0.5) is 4.39 Å². The highest BCUT2D eigenvalue weighted by molar-refractivity contribution is 7.89. The minimum absolute atomic E-state index is 0.105. The van der Waals surface area contributed by atoms with Crippen LogP contribution in [0.1, 0.15) is 19.3 Å². The molecule has 1 aliphatic rings. The molecule has 0 radical (unpaired) electrons. The lowest BCUT2D eigenvalue weighted by molar-refractivity contribution is -0.137. The van der Waals surface area contributed by atoms with Crippen molar-refractivity contribution in [3.63, 3.8) is 0 Å².